The van der Waals surface area contributed by atoms with Gasteiger partial charge in [0.2, 0.25) is 5.91 Å². The lowest BCUT2D eigenvalue weighted by Gasteiger charge is -2.39. The molecule has 0 aliphatic carbocycles. The van der Waals surface area contributed by atoms with E-state index in [0.717, 1.165) is 37.7 Å². The van der Waals surface area contributed by atoms with E-state index in [4.69, 9.17) is 16.3 Å². The topological polar surface area (TPSA) is 58.6 Å². The lowest BCUT2D eigenvalue weighted by atomic mass is 9.81. The van der Waals surface area contributed by atoms with Gasteiger partial charge in [-0.2, -0.15) is 0 Å². The molecule has 5 nitrogen and oxygen atoms in total. The van der Waals surface area contributed by atoms with Gasteiger partial charge in [0, 0.05) is 24.0 Å². The third-order valence-corrected chi connectivity index (χ3v) is 6.10. The standard InChI is InChI=1S/C21H29ClN2O3/c1-4-20(23-13(3)25)19-12-15(22)6-9-18(19)14-10-16-7-8-17(11-14)24(16)21(26)27-5-2/h6,9,12,14,16-17,20H,4-5,7-8,10-11H2,1-3H3,(H,23,25). The van der Waals surface area contributed by atoms with Gasteiger partial charge in [-0.1, -0.05) is 24.6 Å². The molecule has 2 fully saturated rings. The number of nitrogens with one attached hydrogen (secondary N) is 1. The molecule has 2 bridgehead atoms. The fourth-order valence-corrected chi connectivity index (χ4v) is 4.97. The minimum atomic E-state index is -0.176. The zero-order chi connectivity index (χ0) is 19.6. The highest BCUT2D eigenvalue weighted by Gasteiger charge is 2.44. The maximum Gasteiger partial charge on any atom is 0.410 e. The van der Waals surface area contributed by atoms with Crippen LogP contribution < -0.4 is 5.32 Å². The number of hydrogen-bond donors (Lipinski definition) is 1. The highest BCUT2D eigenvalue weighted by Crippen LogP contribution is 2.45. The number of rotatable bonds is 5. The van der Waals surface area contributed by atoms with Crippen molar-refractivity contribution in [1.29, 1.82) is 0 Å². The minimum absolute atomic E-state index is 0.0371. The van der Waals surface area contributed by atoms with Crippen molar-refractivity contribution in [2.75, 3.05) is 6.61 Å². The monoisotopic (exact) mass is 392 g/mol. The first-order valence-corrected chi connectivity index (χ1v) is 10.3. The molecule has 1 aromatic rings. The molecule has 1 N–H and O–H groups in total. The molecule has 6 heteroatoms. The molecule has 0 radical (unpaired) electrons. The van der Waals surface area contributed by atoms with E-state index in [1.807, 2.05) is 24.0 Å². The SMILES string of the molecule is CCOC(=O)N1C2CCC1CC(c1ccc(Cl)cc1C(CC)NC(C)=O)C2. The lowest BCUT2D eigenvalue weighted by Crippen LogP contribution is -2.46. The first-order chi connectivity index (χ1) is 12.9. The van der Waals surface area contributed by atoms with Crippen molar-refractivity contribution in [3.05, 3.63) is 34.3 Å². The number of benzene rings is 1. The summed E-state index contributed by atoms with van der Waals surface area (Å²) in [4.78, 5) is 25.9. The maximum atomic E-state index is 12.3. The van der Waals surface area contributed by atoms with Crippen LogP contribution in [0.4, 0.5) is 4.79 Å². The summed E-state index contributed by atoms with van der Waals surface area (Å²) in [5, 5.41) is 3.74. The van der Waals surface area contributed by atoms with Gasteiger partial charge in [-0.25, -0.2) is 4.79 Å². The molecule has 0 spiro atoms. The smallest absolute Gasteiger partial charge is 0.410 e. The fourth-order valence-electron chi connectivity index (χ4n) is 4.79. The molecule has 2 saturated heterocycles. The molecule has 2 aliphatic heterocycles. The van der Waals surface area contributed by atoms with Crippen LogP contribution in [0.2, 0.25) is 5.02 Å². The van der Waals surface area contributed by atoms with Crippen LogP contribution >= 0.6 is 11.6 Å². The van der Waals surface area contributed by atoms with E-state index in [1.54, 1.807) is 6.92 Å². The molecule has 27 heavy (non-hydrogen) atoms. The Bertz CT molecular complexity index is 695. The Hall–Kier alpha value is -1.75. The van der Waals surface area contributed by atoms with Crippen molar-refractivity contribution in [2.45, 2.75) is 76.9 Å². The summed E-state index contributed by atoms with van der Waals surface area (Å²) < 4.78 is 5.26. The average molecular weight is 393 g/mol. The minimum Gasteiger partial charge on any atom is -0.450 e. The summed E-state index contributed by atoms with van der Waals surface area (Å²) in [7, 11) is 0. The number of amides is 2. The Morgan fingerprint density at radius 3 is 2.48 bits per heavy atom. The number of hydrogen-bond acceptors (Lipinski definition) is 3. The van der Waals surface area contributed by atoms with Gasteiger partial charge in [0.25, 0.3) is 0 Å². The molecule has 148 valence electrons. The largest absolute Gasteiger partial charge is 0.450 e. The van der Waals surface area contributed by atoms with Crippen LogP contribution in [0.1, 0.15) is 76.0 Å². The normalized spacial score (nSPS) is 25.2. The second-order valence-corrected chi connectivity index (χ2v) is 8.03. The first-order valence-electron chi connectivity index (χ1n) is 9.96. The van der Waals surface area contributed by atoms with Gasteiger partial charge in [0.15, 0.2) is 0 Å². The highest BCUT2D eigenvalue weighted by molar-refractivity contribution is 6.30. The van der Waals surface area contributed by atoms with Crippen molar-refractivity contribution in [3.8, 4) is 0 Å². The summed E-state index contributed by atoms with van der Waals surface area (Å²) in [5.41, 5.74) is 2.36. The van der Waals surface area contributed by atoms with Crippen LogP contribution in [0.25, 0.3) is 0 Å². The van der Waals surface area contributed by atoms with Crippen molar-refractivity contribution in [1.82, 2.24) is 10.2 Å². The highest BCUT2D eigenvalue weighted by atomic mass is 35.5. The Balaban J connectivity index is 1.86. The third-order valence-electron chi connectivity index (χ3n) is 5.86. The number of carbonyl (C=O) groups is 2. The number of ether oxygens (including phenoxy) is 1. The first kappa shape index (κ1) is 20.0. The Labute approximate surface area is 166 Å². The molecule has 1 aromatic carbocycles. The van der Waals surface area contributed by atoms with Crippen LogP contribution in [0.3, 0.4) is 0 Å². The zero-order valence-corrected chi connectivity index (χ0v) is 17.1. The predicted octanol–water partition coefficient (Wildman–Crippen LogP) is 4.79. The summed E-state index contributed by atoms with van der Waals surface area (Å²) in [6, 6.07) is 6.44. The van der Waals surface area contributed by atoms with E-state index in [1.165, 1.54) is 5.56 Å². The molecule has 0 aromatic heterocycles. The molecular formula is C21H29ClN2O3. The van der Waals surface area contributed by atoms with Crippen LogP contribution in [-0.2, 0) is 9.53 Å². The van der Waals surface area contributed by atoms with E-state index in [2.05, 4.69) is 18.3 Å². The Morgan fingerprint density at radius 1 is 1.26 bits per heavy atom. The van der Waals surface area contributed by atoms with Gasteiger partial charge in [-0.05, 0) is 68.2 Å². The van der Waals surface area contributed by atoms with Crippen LogP contribution in [0, 0.1) is 0 Å². The fraction of sp³-hybridized carbons (Fsp3) is 0.619. The van der Waals surface area contributed by atoms with Crippen molar-refractivity contribution < 1.29 is 14.3 Å². The van der Waals surface area contributed by atoms with Crippen molar-refractivity contribution in [2.24, 2.45) is 0 Å². The number of halogens is 1. The van der Waals surface area contributed by atoms with Gasteiger partial charge in [0.1, 0.15) is 0 Å². The lowest BCUT2D eigenvalue weighted by molar-refractivity contribution is -0.119. The molecule has 3 unspecified atom stereocenters. The van der Waals surface area contributed by atoms with Crippen molar-refractivity contribution >= 4 is 23.6 Å². The molecule has 3 atom stereocenters. The average Bonchev–Trinajstić information content (AvgIpc) is 2.90. The molecule has 3 rings (SSSR count). The van der Waals surface area contributed by atoms with Crippen molar-refractivity contribution in [3.63, 3.8) is 0 Å². The van der Waals surface area contributed by atoms with Gasteiger partial charge in [-0.3, -0.25) is 4.79 Å². The molecule has 2 aliphatic rings. The quantitative estimate of drug-likeness (QED) is 0.783. The van der Waals surface area contributed by atoms with Gasteiger partial charge >= 0.3 is 6.09 Å². The molecule has 0 saturated carbocycles. The van der Waals surface area contributed by atoms with E-state index in [0.29, 0.717) is 17.5 Å². The van der Waals surface area contributed by atoms with Gasteiger partial charge in [-0.15, -0.1) is 0 Å². The Kier molecular flexibility index (Phi) is 6.30. The van der Waals surface area contributed by atoms with Crippen LogP contribution in [0.15, 0.2) is 18.2 Å². The summed E-state index contributed by atoms with van der Waals surface area (Å²) in [5.74, 6) is 0.327. The van der Waals surface area contributed by atoms with Crippen LogP contribution in [-0.4, -0.2) is 35.6 Å². The molecular weight excluding hydrogens is 364 g/mol. The number of carbonyl (C=O) groups excluding carboxylic acids is 2. The maximum absolute atomic E-state index is 12.3. The summed E-state index contributed by atoms with van der Waals surface area (Å²) in [6.07, 6.45) is 4.56. The summed E-state index contributed by atoms with van der Waals surface area (Å²) in [6.45, 7) is 5.87. The van der Waals surface area contributed by atoms with E-state index < -0.39 is 0 Å². The second-order valence-electron chi connectivity index (χ2n) is 7.59. The van der Waals surface area contributed by atoms with E-state index in [9.17, 15) is 9.59 Å². The molecule has 2 amide bonds. The van der Waals surface area contributed by atoms with Crippen LogP contribution in [0.5, 0.6) is 0 Å². The van der Waals surface area contributed by atoms with Gasteiger partial charge in [0.05, 0.1) is 12.6 Å². The van der Waals surface area contributed by atoms with E-state index >= 15 is 0 Å². The Morgan fingerprint density at radius 2 is 1.93 bits per heavy atom. The number of piperidine rings is 1. The summed E-state index contributed by atoms with van der Waals surface area (Å²) >= 11 is 6.28. The zero-order valence-electron chi connectivity index (χ0n) is 16.3. The molecule has 2 heterocycles. The second kappa shape index (κ2) is 8.51. The number of fused-ring (bicyclic) bond motifs is 2. The van der Waals surface area contributed by atoms with Gasteiger partial charge < -0.3 is 15.0 Å². The van der Waals surface area contributed by atoms with E-state index in [-0.39, 0.29) is 30.1 Å². The third kappa shape index (κ3) is 4.23. The predicted molar refractivity (Wildman–Crippen MR) is 106 cm³/mol. The number of nitrogens with zero attached hydrogens (tertiary/aromatic N) is 1.